The van der Waals surface area contributed by atoms with E-state index in [0.29, 0.717) is 22.9 Å². The Bertz CT molecular complexity index is 1310. The highest BCUT2D eigenvalue weighted by Gasteiger charge is 2.37. The molecule has 2 unspecified atom stereocenters. The van der Waals surface area contributed by atoms with Crippen molar-refractivity contribution in [3.05, 3.63) is 52.6 Å². The third-order valence-corrected chi connectivity index (χ3v) is 6.80. The first-order valence-corrected chi connectivity index (χ1v) is 10.3. The molecule has 142 valence electrons. The maximum atomic E-state index is 14.3. The summed E-state index contributed by atoms with van der Waals surface area (Å²) in [5, 5.41) is 0.922. The van der Waals surface area contributed by atoms with Crippen molar-refractivity contribution in [2.45, 2.75) is 64.2 Å². The topological polar surface area (TPSA) is 30.2 Å². The summed E-state index contributed by atoms with van der Waals surface area (Å²) in [7, 11) is 0. The number of fused-ring (bicyclic) bond motifs is 10. The molecule has 0 radical (unpaired) electrons. The number of hydrogen-bond acceptors (Lipinski definition) is 2. The van der Waals surface area contributed by atoms with E-state index < -0.39 is 0 Å². The van der Waals surface area contributed by atoms with Gasteiger partial charge < -0.3 is 0 Å². The van der Waals surface area contributed by atoms with Gasteiger partial charge in [0.15, 0.2) is 0 Å². The predicted octanol–water partition coefficient (Wildman–Crippen LogP) is 6.15. The molecule has 0 N–H and O–H groups in total. The Morgan fingerprint density at radius 2 is 1.68 bits per heavy atom. The van der Waals surface area contributed by atoms with Crippen molar-refractivity contribution < 1.29 is 4.39 Å². The molecule has 2 aromatic heterocycles. The smallest absolute Gasteiger partial charge is 0.148 e. The van der Waals surface area contributed by atoms with Crippen LogP contribution in [0.5, 0.6) is 0 Å². The predicted molar refractivity (Wildman–Crippen MR) is 111 cm³/mol. The van der Waals surface area contributed by atoms with E-state index in [4.69, 9.17) is 9.97 Å². The van der Waals surface area contributed by atoms with Gasteiger partial charge in [0.05, 0.1) is 16.6 Å². The zero-order chi connectivity index (χ0) is 19.4. The Kier molecular flexibility index (Phi) is 3.00. The number of imidazole rings is 1. The summed E-state index contributed by atoms with van der Waals surface area (Å²) in [6.07, 6.45) is 3.93. The minimum atomic E-state index is -0.212. The van der Waals surface area contributed by atoms with E-state index in [0.717, 1.165) is 27.9 Å². The first kappa shape index (κ1) is 16.5. The first-order valence-electron chi connectivity index (χ1n) is 10.3. The average molecular weight is 373 g/mol. The zero-order valence-electron chi connectivity index (χ0n) is 16.8. The van der Waals surface area contributed by atoms with Gasteiger partial charge in [-0.2, -0.15) is 0 Å². The number of aryl methyl sites for hydroxylation is 1. The summed E-state index contributed by atoms with van der Waals surface area (Å²) in [6.45, 7) is 8.28. The van der Waals surface area contributed by atoms with Crippen LogP contribution in [0.1, 0.15) is 74.4 Å². The van der Waals surface area contributed by atoms with Gasteiger partial charge in [-0.05, 0) is 72.9 Å². The third-order valence-electron chi connectivity index (χ3n) is 6.80. The van der Waals surface area contributed by atoms with Crippen LogP contribution in [0, 0.1) is 12.7 Å². The molecule has 6 rings (SSSR count). The SMILES string of the molecule is Cc1cc2c(cc1F)nc(C(C)(C)C)n1c3cc4c(cc3nc21)C1CCC4C1. The number of benzene rings is 2. The molecule has 2 aliphatic rings. The Balaban J connectivity index is 1.80. The van der Waals surface area contributed by atoms with E-state index in [2.05, 4.69) is 37.3 Å². The van der Waals surface area contributed by atoms with Crippen molar-refractivity contribution in [2.24, 2.45) is 0 Å². The van der Waals surface area contributed by atoms with Gasteiger partial charge in [-0.15, -0.1) is 0 Å². The highest BCUT2D eigenvalue weighted by Crippen LogP contribution is 2.53. The van der Waals surface area contributed by atoms with Crippen molar-refractivity contribution in [3.8, 4) is 0 Å². The van der Waals surface area contributed by atoms with Crippen LogP contribution in [0.3, 0.4) is 0 Å². The van der Waals surface area contributed by atoms with E-state index in [9.17, 15) is 4.39 Å². The van der Waals surface area contributed by atoms with Gasteiger partial charge in [-0.3, -0.25) is 4.40 Å². The van der Waals surface area contributed by atoms with Gasteiger partial charge in [0, 0.05) is 16.9 Å². The molecule has 0 aliphatic heterocycles. The largest absolute Gasteiger partial charge is 0.279 e. The highest BCUT2D eigenvalue weighted by molar-refractivity contribution is 5.97. The summed E-state index contributed by atoms with van der Waals surface area (Å²) >= 11 is 0. The highest BCUT2D eigenvalue weighted by atomic mass is 19.1. The van der Waals surface area contributed by atoms with Crippen LogP contribution in [0.15, 0.2) is 24.3 Å². The third kappa shape index (κ3) is 2.04. The molecule has 1 saturated carbocycles. The van der Waals surface area contributed by atoms with E-state index in [-0.39, 0.29) is 11.2 Å². The summed E-state index contributed by atoms with van der Waals surface area (Å²) in [5.41, 5.74) is 7.22. The number of aromatic nitrogens is 3. The summed E-state index contributed by atoms with van der Waals surface area (Å²) < 4.78 is 16.5. The summed E-state index contributed by atoms with van der Waals surface area (Å²) in [6, 6.07) is 8.13. The molecule has 2 heterocycles. The van der Waals surface area contributed by atoms with Gasteiger partial charge in [0.2, 0.25) is 0 Å². The van der Waals surface area contributed by atoms with Crippen LogP contribution >= 0.6 is 0 Å². The Labute approximate surface area is 163 Å². The van der Waals surface area contributed by atoms with Crippen LogP contribution < -0.4 is 0 Å². The molecule has 4 aromatic rings. The van der Waals surface area contributed by atoms with Gasteiger partial charge in [0.1, 0.15) is 17.3 Å². The lowest BCUT2D eigenvalue weighted by Crippen LogP contribution is -2.19. The van der Waals surface area contributed by atoms with Crippen molar-refractivity contribution in [3.63, 3.8) is 0 Å². The minimum Gasteiger partial charge on any atom is -0.279 e. The zero-order valence-corrected chi connectivity index (χ0v) is 16.8. The van der Waals surface area contributed by atoms with Gasteiger partial charge >= 0.3 is 0 Å². The second-order valence-electron chi connectivity index (χ2n) is 9.75. The van der Waals surface area contributed by atoms with Crippen molar-refractivity contribution >= 4 is 27.6 Å². The molecule has 2 bridgehead atoms. The molecule has 2 atom stereocenters. The van der Waals surface area contributed by atoms with E-state index >= 15 is 0 Å². The summed E-state index contributed by atoms with van der Waals surface area (Å²) in [4.78, 5) is 9.97. The van der Waals surface area contributed by atoms with Crippen LogP contribution in [-0.4, -0.2) is 14.4 Å². The first-order chi connectivity index (χ1) is 13.3. The lowest BCUT2D eigenvalue weighted by atomic mass is 9.91. The Morgan fingerprint density at radius 3 is 2.39 bits per heavy atom. The monoisotopic (exact) mass is 373 g/mol. The second kappa shape index (κ2) is 5.11. The maximum Gasteiger partial charge on any atom is 0.148 e. The van der Waals surface area contributed by atoms with Crippen molar-refractivity contribution in [1.82, 2.24) is 14.4 Å². The second-order valence-corrected chi connectivity index (χ2v) is 9.75. The van der Waals surface area contributed by atoms with E-state index in [1.54, 1.807) is 13.0 Å². The molecule has 1 fully saturated rings. The van der Waals surface area contributed by atoms with E-state index in [1.807, 2.05) is 6.07 Å². The van der Waals surface area contributed by atoms with Crippen molar-refractivity contribution in [2.75, 3.05) is 0 Å². The lowest BCUT2D eigenvalue weighted by molar-refractivity contribution is 0.542. The van der Waals surface area contributed by atoms with E-state index in [1.165, 1.54) is 30.4 Å². The van der Waals surface area contributed by atoms with Crippen LogP contribution in [0.4, 0.5) is 4.39 Å². The Morgan fingerprint density at radius 1 is 0.964 bits per heavy atom. The number of hydrogen-bond donors (Lipinski definition) is 0. The van der Waals surface area contributed by atoms with Crippen LogP contribution in [-0.2, 0) is 5.41 Å². The number of nitrogens with zero attached hydrogens (tertiary/aromatic N) is 3. The lowest BCUT2D eigenvalue weighted by Gasteiger charge is -2.21. The van der Waals surface area contributed by atoms with Gasteiger partial charge in [-0.25, -0.2) is 14.4 Å². The fraction of sp³-hybridized carbons (Fsp3) is 0.417. The fourth-order valence-corrected chi connectivity index (χ4v) is 5.41. The quantitative estimate of drug-likeness (QED) is 0.370. The molecule has 0 saturated heterocycles. The Hall–Kier alpha value is -2.49. The molecule has 28 heavy (non-hydrogen) atoms. The molecular formula is C24H24FN3. The van der Waals surface area contributed by atoms with Crippen LogP contribution in [0.2, 0.25) is 0 Å². The minimum absolute atomic E-state index is 0.181. The average Bonchev–Trinajstić information content (AvgIpc) is 3.32. The maximum absolute atomic E-state index is 14.3. The van der Waals surface area contributed by atoms with Crippen molar-refractivity contribution in [1.29, 1.82) is 0 Å². The molecule has 2 aliphatic carbocycles. The number of halogens is 1. The normalized spacial score (nSPS) is 21.3. The van der Waals surface area contributed by atoms with Crippen LogP contribution in [0.25, 0.3) is 27.6 Å². The molecule has 2 aromatic carbocycles. The molecule has 4 heteroatoms. The van der Waals surface area contributed by atoms with Gasteiger partial charge in [-0.1, -0.05) is 20.8 Å². The molecule has 3 nitrogen and oxygen atoms in total. The fourth-order valence-electron chi connectivity index (χ4n) is 5.41. The number of rotatable bonds is 0. The molecule has 0 amide bonds. The standard InChI is InChI=1S/C24H24FN3/c1-12-7-17-19(11-18(12)25)27-23(24(2,3)4)28-21-10-16-14-6-5-13(8-14)15(16)9-20(21)26-22(17)28/h7,9-11,13-14H,5-6,8H2,1-4H3. The molecular weight excluding hydrogens is 349 g/mol. The molecule has 0 spiro atoms. The summed E-state index contributed by atoms with van der Waals surface area (Å²) in [5.74, 6) is 2.14. The van der Waals surface area contributed by atoms with Gasteiger partial charge in [0.25, 0.3) is 0 Å².